The van der Waals surface area contributed by atoms with E-state index in [1.807, 2.05) is 41.5 Å². The molecular formula is C14H24F3NO. The third-order valence-corrected chi connectivity index (χ3v) is 3.49. The van der Waals surface area contributed by atoms with Crippen molar-refractivity contribution in [2.45, 2.75) is 72.0 Å². The number of alkyl halides is 3. The number of hydrogen-bond donors (Lipinski definition) is 1. The summed E-state index contributed by atoms with van der Waals surface area (Å²) in [6, 6.07) is -0.297. The van der Waals surface area contributed by atoms with Crippen molar-refractivity contribution in [2.75, 3.05) is 0 Å². The SMILES string of the molecule is CC(C)(C)C(NC(=O)C1(F)CC(F)(F)C1)C(C)(C)C. The van der Waals surface area contributed by atoms with Crippen molar-refractivity contribution in [3.05, 3.63) is 0 Å². The summed E-state index contributed by atoms with van der Waals surface area (Å²) in [5, 5.41) is 2.63. The van der Waals surface area contributed by atoms with Crippen LogP contribution in [0.5, 0.6) is 0 Å². The van der Waals surface area contributed by atoms with Crippen LogP contribution in [-0.2, 0) is 4.79 Å². The van der Waals surface area contributed by atoms with Crippen LogP contribution in [-0.4, -0.2) is 23.5 Å². The molecule has 0 radical (unpaired) electrons. The van der Waals surface area contributed by atoms with Gasteiger partial charge in [-0.1, -0.05) is 41.5 Å². The Morgan fingerprint density at radius 3 is 1.63 bits per heavy atom. The van der Waals surface area contributed by atoms with Crippen LogP contribution in [0.3, 0.4) is 0 Å². The highest BCUT2D eigenvalue weighted by Gasteiger charge is 2.62. The molecule has 1 aliphatic rings. The maximum absolute atomic E-state index is 14.0. The van der Waals surface area contributed by atoms with E-state index >= 15 is 0 Å². The Kier molecular flexibility index (Phi) is 3.77. The maximum Gasteiger partial charge on any atom is 0.258 e. The number of amides is 1. The largest absolute Gasteiger partial charge is 0.350 e. The van der Waals surface area contributed by atoms with Gasteiger partial charge in [0.05, 0.1) is 12.8 Å². The Balaban J connectivity index is 2.80. The minimum atomic E-state index is -3.05. The van der Waals surface area contributed by atoms with Crippen LogP contribution >= 0.6 is 0 Å². The molecule has 1 saturated carbocycles. The molecule has 0 unspecified atom stereocenters. The highest BCUT2D eigenvalue weighted by atomic mass is 19.3. The first-order chi connectivity index (χ1) is 8.17. The quantitative estimate of drug-likeness (QED) is 0.820. The van der Waals surface area contributed by atoms with E-state index in [1.165, 1.54) is 0 Å². The molecule has 2 nitrogen and oxygen atoms in total. The number of carbonyl (C=O) groups is 1. The van der Waals surface area contributed by atoms with Crippen molar-refractivity contribution in [2.24, 2.45) is 10.8 Å². The summed E-state index contributed by atoms with van der Waals surface area (Å²) in [7, 11) is 0. The minimum absolute atomic E-state index is 0.281. The van der Waals surface area contributed by atoms with Gasteiger partial charge in [0.15, 0.2) is 5.67 Å². The fraction of sp³-hybridized carbons (Fsp3) is 0.929. The fourth-order valence-corrected chi connectivity index (χ4v) is 2.92. The summed E-state index contributed by atoms with van der Waals surface area (Å²) in [4.78, 5) is 11.9. The van der Waals surface area contributed by atoms with E-state index in [9.17, 15) is 18.0 Å². The summed E-state index contributed by atoms with van der Waals surface area (Å²) >= 11 is 0. The van der Waals surface area contributed by atoms with E-state index in [-0.39, 0.29) is 16.9 Å². The highest BCUT2D eigenvalue weighted by molar-refractivity contribution is 5.87. The number of hydrogen-bond acceptors (Lipinski definition) is 1. The maximum atomic E-state index is 14.0. The molecule has 0 aromatic carbocycles. The van der Waals surface area contributed by atoms with Crippen molar-refractivity contribution in [1.82, 2.24) is 5.32 Å². The van der Waals surface area contributed by atoms with E-state index in [0.29, 0.717) is 0 Å². The monoisotopic (exact) mass is 279 g/mol. The normalized spacial score (nSPS) is 22.0. The molecule has 5 heteroatoms. The Morgan fingerprint density at radius 2 is 1.37 bits per heavy atom. The van der Waals surface area contributed by atoms with E-state index in [0.717, 1.165) is 0 Å². The van der Waals surface area contributed by atoms with Crippen LogP contribution in [0.15, 0.2) is 0 Å². The van der Waals surface area contributed by atoms with E-state index < -0.39 is 30.3 Å². The summed E-state index contributed by atoms with van der Waals surface area (Å²) < 4.78 is 39.6. The molecule has 0 bridgehead atoms. The molecule has 0 saturated heterocycles. The first kappa shape index (κ1) is 16.3. The lowest BCUT2D eigenvalue weighted by atomic mass is 9.71. The molecule has 0 aromatic rings. The molecular weight excluding hydrogens is 255 g/mol. The smallest absolute Gasteiger partial charge is 0.258 e. The summed E-state index contributed by atoms with van der Waals surface area (Å²) in [5.41, 5.74) is -2.98. The zero-order chi connectivity index (χ0) is 15.3. The third-order valence-electron chi connectivity index (χ3n) is 3.49. The van der Waals surface area contributed by atoms with Crippen molar-refractivity contribution in [3.8, 4) is 0 Å². The van der Waals surface area contributed by atoms with Crippen molar-refractivity contribution in [3.63, 3.8) is 0 Å². The lowest BCUT2D eigenvalue weighted by Gasteiger charge is -2.45. The van der Waals surface area contributed by atoms with Gasteiger partial charge in [-0.25, -0.2) is 13.2 Å². The Labute approximate surface area is 113 Å². The Morgan fingerprint density at radius 1 is 1.00 bits per heavy atom. The average Bonchev–Trinajstić information content (AvgIpc) is 2.05. The fourth-order valence-electron chi connectivity index (χ4n) is 2.92. The molecule has 1 aliphatic carbocycles. The van der Waals surface area contributed by atoms with Crippen molar-refractivity contribution < 1.29 is 18.0 Å². The van der Waals surface area contributed by atoms with E-state index in [2.05, 4.69) is 5.32 Å². The van der Waals surface area contributed by atoms with Gasteiger partial charge in [0.1, 0.15) is 0 Å². The second-order valence-electron chi connectivity index (χ2n) is 7.81. The van der Waals surface area contributed by atoms with Gasteiger partial charge >= 0.3 is 0 Å². The predicted octanol–water partition coefficient (Wildman–Crippen LogP) is 3.70. The summed E-state index contributed by atoms with van der Waals surface area (Å²) in [6.45, 7) is 11.6. The van der Waals surface area contributed by atoms with Crippen LogP contribution in [0.4, 0.5) is 13.2 Å². The van der Waals surface area contributed by atoms with Gasteiger partial charge in [0.25, 0.3) is 11.8 Å². The first-order valence-corrected chi connectivity index (χ1v) is 6.55. The average molecular weight is 279 g/mol. The molecule has 19 heavy (non-hydrogen) atoms. The minimum Gasteiger partial charge on any atom is -0.350 e. The lowest BCUT2D eigenvalue weighted by molar-refractivity contribution is -0.185. The molecule has 0 atom stereocenters. The van der Waals surface area contributed by atoms with Crippen molar-refractivity contribution >= 4 is 5.91 Å². The number of carbonyl (C=O) groups excluding carboxylic acids is 1. The molecule has 0 heterocycles. The van der Waals surface area contributed by atoms with Gasteiger partial charge in [0, 0.05) is 6.04 Å². The second kappa shape index (κ2) is 4.38. The molecule has 1 N–H and O–H groups in total. The predicted molar refractivity (Wildman–Crippen MR) is 68.9 cm³/mol. The molecule has 112 valence electrons. The molecule has 0 aliphatic heterocycles. The molecule has 1 fully saturated rings. The van der Waals surface area contributed by atoms with E-state index in [1.54, 1.807) is 0 Å². The van der Waals surface area contributed by atoms with Crippen LogP contribution in [0, 0.1) is 10.8 Å². The molecule has 0 spiro atoms. The molecule has 1 rings (SSSR count). The van der Waals surface area contributed by atoms with Gasteiger partial charge < -0.3 is 5.32 Å². The van der Waals surface area contributed by atoms with Gasteiger partial charge in [-0.3, -0.25) is 4.79 Å². The topological polar surface area (TPSA) is 29.1 Å². The van der Waals surface area contributed by atoms with Gasteiger partial charge in [-0.05, 0) is 10.8 Å². The zero-order valence-electron chi connectivity index (χ0n) is 12.5. The van der Waals surface area contributed by atoms with Gasteiger partial charge in [0.2, 0.25) is 0 Å². The summed E-state index contributed by atoms with van der Waals surface area (Å²) in [6.07, 6.45) is -2.01. The zero-order valence-corrected chi connectivity index (χ0v) is 12.5. The first-order valence-electron chi connectivity index (χ1n) is 6.55. The van der Waals surface area contributed by atoms with Crippen LogP contribution < -0.4 is 5.32 Å². The standard InChI is InChI=1S/C14H24F3NO/c1-11(2,3)9(12(4,5)6)18-10(19)13(15)7-14(16,17)8-13/h9H,7-8H2,1-6H3,(H,18,19). The second-order valence-corrected chi connectivity index (χ2v) is 7.81. The molecule has 0 aromatic heterocycles. The Hall–Kier alpha value is -0.740. The highest BCUT2D eigenvalue weighted by Crippen LogP contribution is 2.48. The summed E-state index contributed by atoms with van der Waals surface area (Å²) in [5.74, 6) is -3.96. The van der Waals surface area contributed by atoms with Crippen molar-refractivity contribution in [1.29, 1.82) is 0 Å². The third kappa shape index (κ3) is 3.63. The van der Waals surface area contributed by atoms with Gasteiger partial charge in [-0.2, -0.15) is 0 Å². The molecule has 1 amide bonds. The van der Waals surface area contributed by atoms with Crippen LogP contribution in [0.1, 0.15) is 54.4 Å². The number of nitrogens with one attached hydrogen (secondary N) is 1. The lowest BCUT2D eigenvalue weighted by Crippen LogP contribution is -2.62. The number of halogens is 3. The number of rotatable bonds is 2. The van der Waals surface area contributed by atoms with Crippen LogP contribution in [0.2, 0.25) is 0 Å². The Bertz CT molecular complexity index is 344. The van der Waals surface area contributed by atoms with E-state index in [4.69, 9.17) is 0 Å². The van der Waals surface area contributed by atoms with Crippen LogP contribution in [0.25, 0.3) is 0 Å². The van der Waals surface area contributed by atoms with Gasteiger partial charge in [-0.15, -0.1) is 0 Å².